The van der Waals surface area contributed by atoms with Crippen LogP contribution < -0.4 is 10.6 Å². The summed E-state index contributed by atoms with van der Waals surface area (Å²) in [4.78, 5) is 70.2. The fourth-order valence-corrected chi connectivity index (χ4v) is 11.1. The van der Waals surface area contributed by atoms with E-state index in [1.165, 1.54) is 47.6 Å². The molecule has 16 nitrogen and oxygen atoms in total. The van der Waals surface area contributed by atoms with Gasteiger partial charge in [0.25, 0.3) is 0 Å². The first kappa shape index (κ1) is 45.4. The minimum atomic E-state index is -0.937. The number of amides is 4. The summed E-state index contributed by atoms with van der Waals surface area (Å²) in [7, 11) is 2.60. The fourth-order valence-electron chi connectivity index (χ4n) is 11.1. The van der Waals surface area contributed by atoms with E-state index < -0.39 is 36.1 Å². The van der Waals surface area contributed by atoms with Crippen molar-refractivity contribution < 1.29 is 42.9 Å². The number of alkyl carbamates (subject to hydrolysis) is 2. The number of allylic oxidation sites excluding steroid dienone is 6. The van der Waals surface area contributed by atoms with Crippen LogP contribution in [0, 0.1) is 5.92 Å². The number of nitrogens with one attached hydrogen (secondary N) is 3. The number of aromatic nitrogens is 2. The van der Waals surface area contributed by atoms with Gasteiger partial charge in [-0.1, -0.05) is 60.7 Å². The number of aromatic amines is 1. The Labute approximate surface area is 395 Å². The summed E-state index contributed by atoms with van der Waals surface area (Å²) >= 11 is 0. The third-order valence-corrected chi connectivity index (χ3v) is 14.7. The van der Waals surface area contributed by atoms with Crippen molar-refractivity contribution in [3.8, 4) is 11.3 Å². The Bertz CT molecular complexity index is 2590. The van der Waals surface area contributed by atoms with Crippen LogP contribution in [0.3, 0.4) is 0 Å². The minimum Gasteiger partial charge on any atom is -0.453 e. The van der Waals surface area contributed by atoms with Crippen molar-refractivity contribution in [1.82, 2.24) is 30.4 Å². The zero-order valence-corrected chi connectivity index (χ0v) is 38.7. The number of H-pyrrole nitrogens is 1. The lowest BCUT2D eigenvalue weighted by Gasteiger charge is -2.34. The number of carbonyl (C=O) groups excluding carboxylic acids is 4. The average Bonchev–Trinajstić information content (AvgIpc) is 4.26. The van der Waals surface area contributed by atoms with Gasteiger partial charge >= 0.3 is 12.2 Å². The molecule has 1 aromatic heterocycles. The van der Waals surface area contributed by atoms with Crippen LogP contribution in [0.25, 0.3) is 17.3 Å². The van der Waals surface area contributed by atoms with E-state index in [4.69, 9.17) is 33.7 Å². The zero-order chi connectivity index (χ0) is 46.8. The number of aryl methyl sites for hydroxylation is 1. The highest BCUT2D eigenvalue weighted by Gasteiger charge is 2.53. The van der Waals surface area contributed by atoms with Gasteiger partial charge in [0.2, 0.25) is 11.8 Å². The molecule has 6 heterocycles. The number of aliphatic imine (C=N–C) groups is 1. The first-order valence-electron chi connectivity index (χ1n) is 23.9. The molecular formula is C52H59N7O9. The molecule has 0 saturated carbocycles. The van der Waals surface area contributed by atoms with Gasteiger partial charge in [-0.25, -0.2) is 14.6 Å². The Balaban J connectivity index is 0.799. The van der Waals surface area contributed by atoms with Gasteiger partial charge in [-0.15, -0.1) is 0 Å². The Morgan fingerprint density at radius 3 is 2.29 bits per heavy atom. The molecule has 2 aromatic carbocycles. The Morgan fingerprint density at radius 2 is 1.54 bits per heavy atom. The predicted octanol–water partition coefficient (Wildman–Crippen LogP) is 7.04. The number of carbonyl (C=O) groups is 4. The van der Waals surface area contributed by atoms with Crippen LogP contribution in [-0.2, 0) is 39.7 Å². The number of imidazole rings is 1. The second-order valence-electron chi connectivity index (χ2n) is 18.6. The lowest BCUT2D eigenvalue weighted by molar-refractivity contribution is -0.154. The van der Waals surface area contributed by atoms with Crippen molar-refractivity contribution in [3.63, 3.8) is 0 Å². The minimum absolute atomic E-state index is 0.105. The van der Waals surface area contributed by atoms with Gasteiger partial charge in [0.05, 0.1) is 58.0 Å². The number of hydrogen-bond acceptors (Lipinski definition) is 11. The first-order valence-corrected chi connectivity index (χ1v) is 23.9. The number of nitrogens with zero attached hydrogens (tertiary/aromatic N) is 4. The third kappa shape index (κ3) is 9.28. The van der Waals surface area contributed by atoms with Crippen LogP contribution in [0.4, 0.5) is 9.59 Å². The molecule has 1 unspecified atom stereocenters. The molecule has 2 aliphatic carbocycles. The van der Waals surface area contributed by atoms with E-state index in [-0.39, 0.29) is 30.3 Å². The number of rotatable bonds is 11. The van der Waals surface area contributed by atoms with Crippen LogP contribution in [0.15, 0.2) is 100 Å². The summed E-state index contributed by atoms with van der Waals surface area (Å²) in [5.74, 6) is -0.781. The molecule has 10 rings (SSSR count). The molecule has 5 aliphatic heterocycles. The molecule has 7 aliphatic rings. The van der Waals surface area contributed by atoms with Gasteiger partial charge in [-0.2, -0.15) is 0 Å². The predicted molar refractivity (Wildman–Crippen MR) is 252 cm³/mol. The van der Waals surface area contributed by atoms with Gasteiger partial charge in [-0.05, 0) is 108 Å². The maximum Gasteiger partial charge on any atom is 0.407 e. The lowest BCUT2D eigenvalue weighted by Crippen LogP contribution is -2.54. The lowest BCUT2D eigenvalue weighted by atomic mass is 9.83. The number of methoxy groups -OCH3 is 2. The van der Waals surface area contributed by atoms with Crippen LogP contribution in [0.1, 0.15) is 92.4 Å². The van der Waals surface area contributed by atoms with Gasteiger partial charge in [-0.3, -0.25) is 14.6 Å². The quantitative estimate of drug-likeness (QED) is 0.180. The number of ether oxygens (including phenoxy) is 5. The molecule has 68 heavy (non-hydrogen) atoms. The van der Waals surface area contributed by atoms with E-state index in [0.29, 0.717) is 70.0 Å². The summed E-state index contributed by atoms with van der Waals surface area (Å²) < 4.78 is 27.6. The Morgan fingerprint density at radius 1 is 0.809 bits per heavy atom. The summed E-state index contributed by atoms with van der Waals surface area (Å²) in [5, 5.41) is 5.58. The summed E-state index contributed by atoms with van der Waals surface area (Å²) in [6, 6.07) is 13.6. The van der Waals surface area contributed by atoms with E-state index >= 15 is 0 Å². The van der Waals surface area contributed by atoms with Gasteiger partial charge in [0, 0.05) is 44.5 Å². The number of hydrogen-bond donors (Lipinski definition) is 3. The molecule has 4 amide bonds. The topological polar surface area (TPSA) is 186 Å². The Hall–Kier alpha value is -6.36. The van der Waals surface area contributed by atoms with Crippen molar-refractivity contribution >= 4 is 35.8 Å². The standard InChI is InChI=1S/C52H59N7O9/c1-64-50(62)56-45(34-7-4-3-5-8-34)48(60)58-20-6-9-43(58)41-27-40(29-53-41)33-12-10-32(11-13-33)36-14-15-38-26-39(17-16-37(38)25-36)42-30-54-47(55-42)44-28-52(67-23-24-68-52)31-59(44)49(61)46(57-51(63)65-2)35-18-21-66-22-19-35/h3-5,7-8,10,12,16-17,25-26,29-30,35,43-46H,6,9,11,13-15,18-24,27-28,31H2,1-2H3,(H,54,55)(H,56,62)(H,57,63)/t43?,44-,45+,46-/m0/s1. The van der Waals surface area contributed by atoms with Gasteiger partial charge in [0.1, 0.15) is 17.9 Å². The second kappa shape index (κ2) is 19.7. The first-order chi connectivity index (χ1) is 33.2. The van der Waals surface area contributed by atoms with Gasteiger partial charge < -0.3 is 49.1 Å². The molecule has 0 bridgehead atoms. The third-order valence-electron chi connectivity index (χ3n) is 14.7. The molecule has 0 radical (unpaired) electrons. The highest BCUT2D eigenvalue weighted by Crippen LogP contribution is 2.44. The molecule has 3 aromatic rings. The fraction of sp³-hybridized carbons (Fsp3) is 0.462. The van der Waals surface area contributed by atoms with Crippen molar-refractivity contribution in [2.24, 2.45) is 10.9 Å². The number of fused-ring (bicyclic) bond motifs is 1. The molecule has 356 valence electrons. The van der Waals surface area contributed by atoms with Crippen LogP contribution >= 0.6 is 0 Å². The van der Waals surface area contributed by atoms with E-state index in [1.54, 1.807) is 4.90 Å². The van der Waals surface area contributed by atoms with Crippen molar-refractivity contribution in [3.05, 3.63) is 118 Å². The smallest absolute Gasteiger partial charge is 0.407 e. The maximum atomic E-state index is 14.5. The molecule has 3 N–H and O–H groups in total. The second-order valence-corrected chi connectivity index (χ2v) is 18.6. The SMILES string of the molecule is COC(=O)N[C@H](C(=O)N1CC2(C[C@H]1c1ncc(-c3ccc4c(c3)CCC(C3=CC=C(C5=CN=C(C6CCCN6C(=O)[C@H](NC(=O)OC)c6ccccc6)C5)CC3)=C4)[nH]1)OCCO2)C1CCOCC1. The maximum absolute atomic E-state index is 14.5. The van der Waals surface area contributed by atoms with E-state index in [9.17, 15) is 19.2 Å². The highest BCUT2D eigenvalue weighted by atomic mass is 16.7. The van der Waals surface area contributed by atoms with E-state index in [2.05, 4.69) is 52.0 Å². The molecule has 4 saturated heterocycles. The average molecular weight is 926 g/mol. The molecular weight excluding hydrogens is 867 g/mol. The zero-order valence-electron chi connectivity index (χ0n) is 38.7. The number of likely N-dealkylation sites (tertiary alicyclic amines) is 2. The molecule has 1 spiro atoms. The largest absolute Gasteiger partial charge is 0.453 e. The van der Waals surface area contributed by atoms with Crippen molar-refractivity contribution in [2.75, 3.05) is 53.7 Å². The van der Waals surface area contributed by atoms with Crippen LogP contribution in [0.2, 0.25) is 0 Å². The molecule has 16 heteroatoms. The van der Waals surface area contributed by atoms with Crippen LogP contribution in [-0.4, -0.2) is 121 Å². The van der Waals surface area contributed by atoms with Crippen LogP contribution in [0.5, 0.6) is 0 Å². The van der Waals surface area contributed by atoms with Gasteiger partial charge in [0.15, 0.2) is 5.79 Å². The highest BCUT2D eigenvalue weighted by molar-refractivity contribution is 5.99. The summed E-state index contributed by atoms with van der Waals surface area (Å²) in [6.45, 7) is 2.76. The van der Waals surface area contributed by atoms with Crippen molar-refractivity contribution in [1.29, 1.82) is 0 Å². The Kier molecular flexibility index (Phi) is 13.2. The van der Waals surface area contributed by atoms with E-state index in [0.717, 1.165) is 55.5 Å². The monoisotopic (exact) mass is 925 g/mol. The van der Waals surface area contributed by atoms with E-state index in [1.807, 2.05) is 47.6 Å². The molecule has 4 fully saturated rings. The molecule has 4 atom stereocenters. The number of benzene rings is 2. The summed E-state index contributed by atoms with van der Waals surface area (Å²) in [6.07, 6.45) is 17.2. The summed E-state index contributed by atoms with van der Waals surface area (Å²) in [5.41, 5.74) is 11.2. The van der Waals surface area contributed by atoms with Crippen molar-refractivity contribution in [2.45, 2.75) is 94.2 Å². The normalized spacial score (nSPS) is 23.2.